The topological polar surface area (TPSA) is 109 Å². The standard InChI is InChI=1S/C27H25F2N5O3S/c1-26(22-9-27(22,13-35-2)38-25(30)34-26)19-5-15(6-20(28)23(19)29)7-21-24-16(3-4-31-21)8-18(10-32-24)37-12-17-11-36-14-33-17/h3-6,8,10-11,14,22H,7,9,12-13H2,1-2H3,(H2,30,34)/t22-,26+,27+/m0/s1. The second-order valence-electron chi connectivity index (χ2n) is 9.84. The van der Waals surface area contributed by atoms with Crippen LogP contribution < -0.4 is 10.5 Å². The average molecular weight is 538 g/mol. The summed E-state index contributed by atoms with van der Waals surface area (Å²) in [5.41, 5.74) is 7.86. The van der Waals surface area contributed by atoms with Crippen molar-refractivity contribution in [2.75, 3.05) is 13.7 Å². The molecular weight excluding hydrogens is 512 g/mol. The Hall–Kier alpha value is -3.57. The summed E-state index contributed by atoms with van der Waals surface area (Å²) < 4.78 is 46.1. The van der Waals surface area contributed by atoms with E-state index in [-0.39, 0.29) is 29.3 Å². The van der Waals surface area contributed by atoms with Gasteiger partial charge in [0.2, 0.25) is 0 Å². The Morgan fingerprint density at radius 1 is 1.21 bits per heavy atom. The Bertz CT molecular complexity index is 1550. The van der Waals surface area contributed by atoms with E-state index in [1.807, 2.05) is 19.1 Å². The summed E-state index contributed by atoms with van der Waals surface area (Å²) in [6.45, 7) is 2.53. The lowest BCUT2D eigenvalue weighted by Gasteiger charge is -2.34. The molecule has 3 aromatic heterocycles. The van der Waals surface area contributed by atoms with E-state index in [0.29, 0.717) is 40.0 Å². The van der Waals surface area contributed by atoms with Crippen molar-refractivity contribution in [2.24, 2.45) is 16.6 Å². The first kappa shape index (κ1) is 24.7. The third-order valence-electron chi connectivity index (χ3n) is 7.27. The summed E-state index contributed by atoms with van der Waals surface area (Å²) >= 11 is 1.46. The SMILES string of the molecule is COC[C@]12C[C@H]1[C@@](C)(c1cc(Cc3nccc4cc(OCc5cocn5)cnc34)cc(F)c1F)N=C(N)S2. The van der Waals surface area contributed by atoms with Gasteiger partial charge in [0.25, 0.3) is 0 Å². The minimum atomic E-state index is -1.00. The number of benzene rings is 1. The van der Waals surface area contributed by atoms with Crippen LogP contribution in [0, 0.1) is 17.6 Å². The second kappa shape index (κ2) is 9.32. The molecule has 2 aliphatic rings. The molecule has 8 nitrogen and oxygen atoms in total. The van der Waals surface area contributed by atoms with E-state index < -0.39 is 17.2 Å². The van der Waals surface area contributed by atoms with Crippen molar-refractivity contribution in [1.29, 1.82) is 0 Å². The Morgan fingerprint density at radius 3 is 2.87 bits per heavy atom. The molecule has 1 fully saturated rings. The predicted molar refractivity (Wildman–Crippen MR) is 139 cm³/mol. The van der Waals surface area contributed by atoms with E-state index in [1.165, 1.54) is 30.5 Å². The molecule has 11 heteroatoms. The fraction of sp³-hybridized carbons (Fsp3) is 0.333. The molecule has 0 radical (unpaired) electrons. The number of nitrogens with zero attached hydrogens (tertiary/aromatic N) is 4. The number of pyridine rings is 2. The molecule has 1 aliphatic carbocycles. The minimum Gasteiger partial charge on any atom is -0.486 e. The Labute approximate surface area is 221 Å². The van der Waals surface area contributed by atoms with E-state index >= 15 is 4.39 Å². The number of halogens is 2. The van der Waals surface area contributed by atoms with Crippen LogP contribution in [0.2, 0.25) is 0 Å². The van der Waals surface area contributed by atoms with Crippen LogP contribution in [0.3, 0.4) is 0 Å². The molecule has 3 atom stereocenters. The molecule has 1 aliphatic heterocycles. The Kier molecular flexibility index (Phi) is 6.07. The van der Waals surface area contributed by atoms with Gasteiger partial charge in [-0.05, 0) is 43.2 Å². The molecule has 1 aromatic carbocycles. The summed E-state index contributed by atoms with van der Waals surface area (Å²) in [6, 6.07) is 6.56. The molecule has 38 heavy (non-hydrogen) atoms. The molecule has 0 bridgehead atoms. The van der Waals surface area contributed by atoms with Gasteiger partial charge in [0.15, 0.2) is 23.2 Å². The fourth-order valence-corrected chi connectivity index (χ4v) is 6.86. The van der Waals surface area contributed by atoms with Crippen LogP contribution in [-0.4, -0.2) is 38.6 Å². The van der Waals surface area contributed by atoms with Gasteiger partial charge >= 0.3 is 0 Å². The van der Waals surface area contributed by atoms with Crippen LogP contribution in [0.15, 0.2) is 58.7 Å². The molecule has 0 unspecified atom stereocenters. The number of nitrogens with two attached hydrogens (primary N) is 1. The van der Waals surface area contributed by atoms with Crippen LogP contribution in [0.4, 0.5) is 8.78 Å². The van der Waals surface area contributed by atoms with Gasteiger partial charge in [-0.2, -0.15) is 0 Å². The van der Waals surface area contributed by atoms with Crippen molar-refractivity contribution in [3.8, 4) is 5.75 Å². The fourth-order valence-electron chi connectivity index (χ4n) is 5.41. The average Bonchev–Trinajstić information content (AvgIpc) is 3.36. The molecule has 0 spiro atoms. The number of hydrogen-bond acceptors (Lipinski definition) is 9. The van der Waals surface area contributed by atoms with Crippen molar-refractivity contribution in [3.63, 3.8) is 0 Å². The number of rotatable bonds is 8. The number of aliphatic imine (C=N–C) groups is 1. The highest BCUT2D eigenvalue weighted by molar-refractivity contribution is 8.15. The number of aromatic nitrogens is 3. The highest BCUT2D eigenvalue weighted by atomic mass is 32.2. The molecule has 4 aromatic rings. The smallest absolute Gasteiger partial charge is 0.180 e. The summed E-state index contributed by atoms with van der Waals surface area (Å²) in [7, 11) is 1.63. The zero-order valence-electron chi connectivity index (χ0n) is 20.8. The number of ether oxygens (including phenoxy) is 2. The van der Waals surface area contributed by atoms with Crippen LogP contribution in [0.5, 0.6) is 5.75 Å². The number of oxazole rings is 1. The van der Waals surface area contributed by atoms with Crippen LogP contribution in [-0.2, 0) is 23.3 Å². The third kappa shape index (κ3) is 4.29. The van der Waals surface area contributed by atoms with Crippen molar-refractivity contribution in [2.45, 2.75) is 36.7 Å². The second-order valence-corrected chi connectivity index (χ2v) is 11.3. The van der Waals surface area contributed by atoms with Crippen LogP contribution in [0.1, 0.15) is 35.9 Å². The maximum Gasteiger partial charge on any atom is 0.180 e. The Morgan fingerprint density at radius 2 is 2.08 bits per heavy atom. The van der Waals surface area contributed by atoms with Gasteiger partial charge in [-0.1, -0.05) is 11.8 Å². The number of hydrogen-bond donors (Lipinski definition) is 1. The molecule has 4 heterocycles. The number of fused-ring (bicyclic) bond motifs is 2. The maximum atomic E-state index is 15.3. The molecular formula is C27H25F2N5O3S. The number of thioether (sulfide) groups is 1. The minimum absolute atomic E-state index is 0.0237. The third-order valence-corrected chi connectivity index (χ3v) is 8.54. The summed E-state index contributed by atoms with van der Waals surface area (Å²) in [5, 5.41) is 1.16. The molecule has 1 saturated carbocycles. The highest BCUT2D eigenvalue weighted by Crippen LogP contribution is 2.66. The Balaban J connectivity index is 1.31. The van der Waals surface area contributed by atoms with Crippen LogP contribution in [0.25, 0.3) is 10.9 Å². The molecule has 0 amide bonds. The van der Waals surface area contributed by atoms with Gasteiger partial charge < -0.3 is 19.6 Å². The van der Waals surface area contributed by atoms with Gasteiger partial charge in [-0.15, -0.1) is 0 Å². The van der Waals surface area contributed by atoms with Crippen molar-refractivity contribution in [1.82, 2.24) is 15.0 Å². The summed E-state index contributed by atoms with van der Waals surface area (Å²) in [4.78, 5) is 17.7. The predicted octanol–water partition coefficient (Wildman–Crippen LogP) is 4.75. The molecule has 0 saturated heterocycles. The van der Waals surface area contributed by atoms with E-state index in [2.05, 4.69) is 19.9 Å². The number of methoxy groups -OCH3 is 1. The normalized spacial score (nSPS) is 24.2. The first-order valence-electron chi connectivity index (χ1n) is 12.1. The monoisotopic (exact) mass is 537 g/mol. The van der Waals surface area contributed by atoms with Gasteiger partial charge in [-0.3, -0.25) is 15.0 Å². The molecule has 2 N–H and O–H groups in total. The van der Waals surface area contributed by atoms with E-state index in [0.717, 1.165) is 11.8 Å². The zero-order chi connectivity index (χ0) is 26.5. The largest absolute Gasteiger partial charge is 0.486 e. The van der Waals surface area contributed by atoms with Gasteiger partial charge in [0.1, 0.15) is 24.3 Å². The van der Waals surface area contributed by atoms with Crippen molar-refractivity contribution < 1.29 is 22.7 Å². The van der Waals surface area contributed by atoms with Crippen LogP contribution >= 0.6 is 11.8 Å². The van der Waals surface area contributed by atoms with Crippen molar-refractivity contribution in [3.05, 3.63) is 83.5 Å². The maximum absolute atomic E-state index is 15.3. The highest BCUT2D eigenvalue weighted by Gasteiger charge is 2.66. The van der Waals surface area contributed by atoms with Crippen molar-refractivity contribution >= 4 is 27.8 Å². The summed E-state index contributed by atoms with van der Waals surface area (Å²) in [6.07, 6.45) is 7.13. The van der Waals surface area contributed by atoms with E-state index in [4.69, 9.17) is 19.6 Å². The number of amidine groups is 1. The van der Waals surface area contributed by atoms with E-state index in [9.17, 15) is 4.39 Å². The zero-order valence-corrected chi connectivity index (χ0v) is 21.6. The van der Waals surface area contributed by atoms with Gasteiger partial charge in [0, 0.05) is 36.6 Å². The van der Waals surface area contributed by atoms with Gasteiger partial charge in [-0.25, -0.2) is 13.8 Å². The van der Waals surface area contributed by atoms with E-state index in [1.54, 1.807) is 25.6 Å². The molecule has 196 valence electrons. The lowest BCUT2D eigenvalue weighted by Crippen LogP contribution is -2.38. The first-order valence-corrected chi connectivity index (χ1v) is 12.9. The lowest BCUT2D eigenvalue weighted by atomic mass is 9.84. The lowest BCUT2D eigenvalue weighted by molar-refractivity contribution is 0.184. The summed E-state index contributed by atoms with van der Waals surface area (Å²) in [5.74, 6) is -1.30. The quantitative estimate of drug-likeness (QED) is 0.343. The molecule has 6 rings (SSSR count). The van der Waals surface area contributed by atoms with Gasteiger partial charge in [0.05, 0.1) is 34.3 Å². The first-order chi connectivity index (χ1) is 18.3.